The van der Waals surface area contributed by atoms with Gasteiger partial charge >= 0.3 is 0 Å². The minimum Gasteiger partial charge on any atom is -0.325 e. The van der Waals surface area contributed by atoms with Gasteiger partial charge < -0.3 is 5.32 Å². The van der Waals surface area contributed by atoms with Crippen LogP contribution in [-0.2, 0) is 24.8 Å². The Balaban J connectivity index is 1.56. The first-order valence-corrected chi connectivity index (χ1v) is 16.1. The van der Waals surface area contributed by atoms with Crippen LogP contribution in [0.2, 0.25) is 15.1 Å². The molecular formula is C28H24Cl3N3O5S2. The summed E-state index contributed by atoms with van der Waals surface area (Å²) >= 11 is 18.1. The lowest BCUT2D eigenvalue weighted by Crippen LogP contribution is -2.38. The summed E-state index contributed by atoms with van der Waals surface area (Å²) in [6, 6.07) is 20.9. The SMILES string of the molecule is Cc1ccc(S(=O)(=O)N(CC(=O)Nc2ccc(S(=O)(=O)Nc3cccc(Cl)c3Cl)cc2)c2ccc(Cl)cc2C)cc1. The van der Waals surface area contributed by atoms with Gasteiger partial charge in [0, 0.05) is 10.7 Å². The number of sulfonamides is 2. The number of anilines is 3. The summed E-state index contributed by atoms with van der Waals surface area (Å²) in [5, 5.41) is 3.30. The van der Waals surface area contributed by atoms with E-state index in [9.17, 15) is 21.6 Å². The molecule has 0 aliphatic heterocycles. The van der Waals surface area contributed by atoms with Crippen LogP contribution in [0.4, 0.5) is 17.1 Å². The van der Waals surface area contributed by atoms with E-state index >= 15 is 0 Å². The first kappa shape index (κ1) is 30.7. The van der Waals surface area contributed by atoms with Crippen molar-refractivity contribution in [1.82, 2.24) is 0 Å². The van der Waals surface area contributed by atoms with Crippen LogP contribution in [0.25, 0.3) is 0 Å². The van der Waals surface area contributed by atoms with Crippen molar-refractivity contribution < 1.29 is 21.6 Å². The normalized spacial score (nSPS) is 11.6. The Hall–Kier alpha value is -3.28. The summed E-state index contributed by atoms with van der Waals surface area (Å²) in [5.74, 6) is -0.644. The number of hydrogen-bond acceptors (Lipinski definition) is 5. The van der Waals surface area contributed by atoms with Gasteiger partial charge in [-0.2, -0.15) is 0 Å². The number of nitrogens with one attached hydrogen (secondary N) is 2. The van der Waals surface area contributed by atoms with Crippen molar-refractivity contribution in [2.24, 2.45) is 0 Å². The van der Waals surface area contributed by atoms with Gasteiger partial charge in [-0.15, -0.1) is 0 Å². The van der Waals surface area contributed by atoms with Crippen LogP contribution in [0.1, 0.15) is 11.1 Å². The summed E-state index contributed by atoms with van der Waals surface area (Å²) in [6.45, 7) is 2.98. The number of carbonyl (C=O) groups excluding carboxylic acids is 1. The van der Waals surface area contributed by atoms with Crippen molar-refractivity contribution in [2.45, 2.75) is 23.6 Å². The molecule has 4 rings (SSSR count). The van der Waals surface area contributed by atoms with Gasteiger partial charge in [0.05, 0.1) is 31.2 Å². The quantitative estimate of drug-likeness (QED) is 0.204. The van der Waals surface area contributed by atoms with Gasteiger partial charge in [-0.3, -0.25) is 13.8 Å². The Morgan fingerprint density at radius 1 is 0.805 bits per heavy atom. The first-order chi connectivity index (χ1) is 19.3. The first-order valence-electron chi connectivity index (χ1n) is 12.0. The number of hydrogen-bond donors (Lipinski definition) is 2. The summed E-state index contributed by atoms with van der Waals surface area (Å²) in [4.78, 5) is 13.0. The molecule has 8 nitrogen and oxygen atoms in total. The van der Waals surface area contributed by atoms with Crippen LogP contribution in [-0.4, -0.2) is 29.3 Å². The maximum atomic E-state index is 13.6. The highest BCUT2D eigenvalue weighted by atomic mass is 35.5. The highest BCUT2D eigenvalue weighted by Crippen LogP contribution is 2.32. The van der Waals surface area contributed by atoms with Crippen LogP contribution >= 0.6 is 34.8 Å². The average Bonchev–Trinajstić information content (AvgIpc) is 2.91. The highest BCUT2D eigenvalue weighted by Gasteiger charge is 2.28. The fourth-order valence-corrected chi connectivity index (χ4v) is 7.06. The third-order valence-electron chi connectivity index (χ3n) is 5.97. The summed E-state index contributed by atoms with van der Waals surface area (Å²) in [7, 11) is -8.15. The summed E-state index contributed by atoms with van der Waals surface area (Å²) in [5.41, 5.74) is 2.10. The molecular weight excluding hydrogens is 629 g/mol. The van der Waals surface area contributed by atoms with Crippen molar-refractivity contribution in [2.75, 3.05) is 20.9 Å². The number of aryl methyl sites for hydroxylation is 2. The molecule has 0 radical (unpaired) electrons. The maximum absolute atomic E-state index is 13.6. The second-order valence-electron chi connectivity index (χ2n) is 9.03. The third kappa shape index (κ3) is 7.14. The smallest absolute Gasteiger partial charge is 0.264 e. The van der Waals surface area contributed by atoms with Crippen LogP contribution in [0, 0.1) is 13.8 Å². The van der Waals surface area contributed by atoms with Gasteiger partial charge in [0.15, 0.2) is 0 Å². The monoisotopic (exact) mass is 651 g/mol. The second-order valence-corrected chi connectivity index (χ2v) is 13.8. The minimum absolute atomic E-state index is 0.0205. The average molecular weight is 653 g/mol. The minimum atomic E-state index is -4.13. The molecule has 0 aliphatic rings. The molecule has 1 amide bonds. The molecule has 4 aromatic carbocycles. The largest absolute Gasteiger partial charge is 0.325 e. The zero-order valence-corrected chi connectivity index (χ0v) is 25.6. The van der Waals surface area contributed by atoms with E-state index in [0.29, 0.717) is 10.6 Å². The van der Waals surface area contributed by atoms with Crippen LogP contribution in [0.5, 0.6) is 0 Å². The number of benzene rings is 4. The van der Waals surface area contributed by atoms with Gasteiger partial charge in [-0.05, 0) is 86.1 Å². The van der Waals surface area contributed by atoms with E-state index in [4.69, 9.17) is 34.8 Å². The van der Waals surface area contributed by atoms with Crippen LogP contribution in [0.3, 0.4) is 0 Å². The number of nitrogens with zero attached hydrogens (tertiary/aromatic N) is 1. The van der Waals surface area contributed by atoms with Gasteiger partial charge in [0.2, 0.25) is 5.91 Å². The Bertz CT molecular complexity index is 1810. The Kier molecular flexibility index (Phi) is 9.20. The molecule has 0 saturated carbocycles. The van der Waals surface area contributed by atoms with Crippen molar-refractivity contribution in [3.8, 4) is 0 Å². The van der Waals surface area contributed by atoms with Crippen LogP contribution in [0.15, 0.2) is 94.7 Å². The van der Waals surface area contributed by atoms with Crippen molar-refractivity contribution >= 4 is 77.8 Å². The Labute approximate surface area is 254 Å². The van der Waals surface area contributed by atoms with Gasteiger partial charge in [-0.25, -0.2) is 16.8 Å². The highest BCUT2D eigenvalue weighted by molar-refractivity contribution is 7.93. The summed E-state index contributed by atoms with van der Waals surface area (Å²) in [6.07, 6.45) is 0. The fourth-order valence-electron chi connectivity index (χ4n) is 3.87. The van der Waals surface area contributed by atoms with Crippen molar-refractivity contribution in [1.29, 1.82) is 0 Å². The third-order valence-corrected chi connectivity index (χ3v) is 10.2. The number of rotatable bonds is 9. The molecule has 4 aromatic rings. The second kappa shape index (κ2) is 12.3. The molecule has 0 saturated heterocycles. The fraction of sp³-hybridized carbons (Fsp3) is 0.107. The summed E-state index contributed by atoms with van der Waals surface area (Å²) < 4.78 is 56.4. The van der Waals surface area contributed by atoms with Crippen molar-refractivity contribution in [3.05, 3.63) is 111 Å². The number of carbonyl (C=O) groups is 1. The van der Waals surface area contributed by atoms with E-state index in [2.05, 4.69) is 10.0 Å². The molecule has 0 atom stereocenters. The molecule has 0 unspecified atom stereocenters. The Morgan fingerprint density at radius 3 is 2.07 bits per heavy atom. The van der Waals surface area contributed by atoms with E-state index in [1.165, 1.54) is 54.6 Å². The van der Waals surface area contributed by atoms with Crippen LogP contribution < -0.4 is 14.3 Å². The number of amides is 1. The van der Waals surface area contributed by atoms with E-state index in [1.54, 1.807) is 37.3 Å². The predicted molar refractivity (Wildman–Crippen MR) is 164 cm³/mol. The molecule has 0 bridgehead atoms. The molecule has 214 valence electrons. The standard InChI is InChI=1S/C28H24Cl3N3O5S2/c1-18-6-11-23(12-7-18)41(38,39)34(26-15-8-20(29)16-19(26)2)17-27(35)32-21-9-13-22(14-10-21)40(36,37)33-25-5-3-4-24(30)28(25)31/h3-16,33H,17H2,1-2H3,(H,32,35). The molecule has 13 heteroatoms. The molecule has 0 fully saturated rings. The lowest BCUT2D eigenvalue weighted by Gasteiger charge is -2.26. The molecule has 0 aromatic heterocycles. The predicted octanol–water partition coefficient (Wildman–Crippen LogP) is 6.90. The van der Waals surface area contributed by atoms with E-state index in [0.717, 1.165) is 9.87 Å². The number of halogens is 3. The zero-order valence-electron chi connectivity index (χ0n) is 21.7. The Morgan fingerprint density at radius 2 is 1.44 bits per heavy atom. The van der Waals surface area contributed by atoms with E-state index in [1.807, 2.05) is 6.92 Å². The molecule has 0 heterocycles. The molecule has 0 aliphatic carbocycles. The lowest BCUT2D eigenvalue weighted by atomic mass is 10.2. The lowest BCUT2D eigenvalue weighted by molar-refractivity contribution is -0.114. The maximum Gasteiger partial charge on any atom is 0.264 e. The van der Waals surface area contributed by atoms with Crippen molar-refractivity contribution in [3.63, 3.8) is 0 Å². The molecule has 0 spiro atoms. The zero-order chi connectivity index (χ0) is 29.9. The van der Waals surface area contributed by atoms with E-state index < -0.39 is 32.5 Å². The topological polar surface area (TPSA) is 113 Å². The molecule has 41 heavy (non-hydrogen) atoms. The molecule has 2 N–H and O–H groups in total. The van der Waals surface area contributed by atoms with Gasteiger partial charge in [0.25, 0.3) is 20.0 Å². The van der Waals surface area contributed by atoms with Gasteiger partial charge in [-0.1, -0.05) is 58.6 Å². The van der Waals surface area contributed by atoms with Gasteiger partial charge in [0.1, 0.15) is 6.54 Å². The van der Waals surface area contributed by atoms with E-state index in [-0.39, 0.29) is 36.9 Å².